The van der Waals surface area contributed by atoms with Gasteiger partial charge in [0.05, 0.1) is 11.7 Å². The van der Waals surface area contributed by atoms with E-state index >= 15 is 0 Å². The van der Waals surface area contributed by atoms with Gasteiger partial charge in [0.1, 0.15) is 11.9 Å². The topological polar surface area (TPSA) is 52.2 Å². The van der Waals surface area contributed by atoms with E-state index in [1.54, 1.807) is 29.6 Å². The minimum Gasteiger partial charge on any atom is -0.547 e. The average molecular weight is 250 g/mol. The number of para-hydroxylation sites is 1. The molecule has 0 amide bonds. The van der Waals surface area contributed by atoms with E-state index < -0.39 is 17.8 Å². The first-order valence-corrected chi connectivity index (χ1v) is 5.82. The third-order valence-electron chi connectivity index (χ3n) is 2.24. The highest BCUT2D eigenvalue weighted by molar-refractivity contribution is 7.10. The van der Waals surface area contributed by atoms with Gasteiger partial charge in [-0.25, -0.2) is 4.39 Å². The van der Waals surface area contributed by atoms with E-state index in [0.29, 0.717) is 4.88 Å². The summed E-state index contributed by atoms with van der Waals surface area (Å²) in [6.07, 6.45) is 0. The van der Waals surface area contributed by atoms with Crippen molar-refractivity contribution < 1.29 is 14.3 Å². The number of anilines is 1. The molecule has 0 saturated heterocycles. The van der Waals surface area contributed by atoms with Crippen molar-refractivity contribution in [1.82, 2.24) is 0 Å². The van der Waals surface area contributed by atoms with Gasteiger partial charge in [-0.05, 0) is 23.6 Å². The van der Waals surface area contributed by atoms with Gasteiger partial charge in [0, 0.05) is 4.88 Å². The normalized spacial score (nSPS) is 12.1. The Balaban J connectivity index is 2.26. The number of halogens is 1. The first kappa shape index (κ1) is 11.6. The van der Waals surface area contributed by atoms with Gasteiger partial charge in [0.25, 0.3) is 0 Å². The lowest BCUT2D eigenvalue weighted by atomic mass is 10.2. The van der Waals surface area contributed by atoms with Crippen LogP contribution in [-0.2, 0) is 4.79 Å². The number of carbonyl (C=O) groups is 1. The zero-order valence-corrected chi connectivity index (χ0v) is 9.54. The number of carbonyl (C=O) groups excluding carboxylic acids is 1. The predicted octanol–water partition coefficient (Wildman–Crippen LogP) is 1.79. The number of carboxylic acid groups (broad SMARTS) is 1. The summed E-state index contributed by atoms with van der Waals surface area (Å²) in [6.45, 7) is 0. The second-order valence-electron chi connectivity index (χ2n) is 3.39. The van der Waals surface area contributed by atoms with Crippen molar-refractivity contribution in [2.75, 3.05) is 5.32 Å². The maximum Gasteiger partial charge on any atom is 0.146 e. The molecule has 0 saturated carbocycles. The van der Waals surface area contributed by atoms with Gasteiger partial charge in [0.15, 0.2) is 0 Å². The molecule has 1 aromatic heterocycles. The maximum atomic E-state index is 13.4. The van der Waals surface area contributed by atoms with E-state index in [1.807, 2.05) is 0 Å². The lowest BCUT2D eigenvalue weighted by Gasteiger charge is -2.19. The molecular weight excluding hydrogens is 241 g/mol. The molecule has 0 aliphatic carbocycles. The fourth-order valence-electron chi connectivity index (χ4n) is 1.44. The van der Waals surface area contributed by atoms with Crippen LogP contribution in [0.1, 0.15) is 10.9 Å². The Morgan fingerprint density at radius 3 is 2.65 bits per heavy atom. The Labute approximate surface area is 102 Å². The number of thiophene rings is 1. The summed E-state index contributed by atoms with van der Waals surface area (Å²) in [7, 11) is 0. The number of rotatable bonds is 4. The first-order valence-electron chi connectivity index (χ1n) is 4.94. The quantitative estimate of drug-likeness (QED) is 0.900. The molecule has 1 atom stereocenters. The monoisotopic (exact) mass is 250 g/mol. The van der Waals surface area contributed by atoms with Crippen molar-refractivity contribution in [3.63, 3.8) is 0 Å². The largest absolute Gasteiger partial charge is 0.547 e. The highest BCUT2D eigenvalue weighted by Crippen LogP contribution is 2.24. The molecular formula is C12H9FNO2S-. The third kappa shape index (κ3) is 2.62. The van der Waals surface area contributed by atoms with Crippen LogP contribution in [0.15, 0.2) is 41.8 Å². The minimum atomic E-state index is -1.28. The smallest absolute Gasteiger partial charge is 0.146 e. The van der Waals surface area contributed by atoms with Crippen LogP contribution in [0.2, 0.25) is 0 Å². The Bertz CT molecular complexity index is 513. The van der Waals surface area contributed by atoms with Crippen LogP contribution < -0.4 is 10.4 Å². The highest BCUT2D eigenvalue weighted by Gasteiger charge is 2.15. The molecule has 0 unspecified atom stereocenters. The molecule has 0 radical (unpaired) electrons. The lowest BCUT2D eigenvalue weighted by molar-refractivity contribution is -0.307. The molecule has 1 heterocycles. The van der Waals surface area contributed by atoms with E-state index in [2.05, 4.69) is 5.32 Å². The van der Waals surface area contributed by atoms with Gasteiger partial charge in [-0.1, -0.05) is 18.2 Å². The molecule has 2 aromatic rings. The maximum absolute atomic E-state index is 13.4. The summed E-state index contributed by atoms with van der Waals surface area (Å²) in [4.78, 5) is 11.6. The Morgan fingerprint density at radius 1 is 1.29 bits per heavy atom. The summed E-state index contributed by atoms with van der Waals surface area (Å²) in [6, 6.07) is 8.29. The fourth-order valence-corrected chi connectivity index (χ4v) is 2.20. The van der Waals surface area contributed by atoms with Crippen LogP contribution in [-0.4, -0.2) is 5.97 Å². The van der Waals surface area contributed by atoms with Gasteiger partial charge in [0.2, 0.25) is 0 Å². The minimum absolute atomic E-state index is 0.148. The van der Waals surface area contributed by atoms with Crippen LogP contribution in [0.25, 0.3) is 0 Å². The molecule has 1 aromatic carbocycles. The summed E-state index contributed by atoms with van der Waals surface area (Å²) in [5.41, 5.74) is 0.148. The zero-order valence-electron chi connectivity index (χ0n) is 8.72. The van der Waals surface area contributed by atoms with Crippen molar-refractivity contribution >= 4 is 23.0 Å². The van der Waals surface area contributed by atoms with E-state index in [9.17, 15) is 14.3 Å². The van der Waals surface area contributed by atoms with Gasteiger partial charge >= 0.3 is 0 Å². The predicted molar refractivity (Wildman–Crippen MR) is 62.1 cm³/mol. The third-order valence-corrected chi connectivity index (χ3v) is 3.17. The molecule has 5 heteroatoms. The van der Waals surface area contributed by atoms with Crippen molar-refractivity contribution in [2.24, 2.45) is 0 Å². The van der Waals surface area contributed by atoms with Crippen molar-refractivity contribution in [1.29, 1.82) is 0 Å². The van der Waals surface area contributed by atoms with Crippen molar-refractivity contribution in [2.45, 2.75) is 6.04 Å². The Hall–Kier alpha value is -1.88. The Morgan fingerprint density at radius 2 is 2.06 bits per heavy atom. The summed E-state index contributed by atoms with van der Waals surface area (Å²) >= 11 is 1.28. The van der Waals surface area contributed by atoms with Crippen LogP contribution in [0.3, 0.4) is 0 Å². The second kappa shape index (κ2) is 4.97. The number of aliphatic carboxylic acids is 1. The van der Waals surface area contributed by atoms with Gasteiger partial charge in [-0.3, -0.25) is 0 Å². The number of nitrogens with one attached hydrogen (secondary N) is 1. The van der Waals surface area contributed by atoms with E-state index in [4.69, 9.17) is 0 Å². The molecule has 3 nitrogen and oxygen atoms in total. The molecule has 88 valence electrons. The summed E-state index contributed by atoms with van der Waals surface area (Å²) in [5.74, 6) is -1.77. The first-order chi connectivity index (χ1) is 8.18. The highest BCUT2D eigenvalue weighted by atomic mass is 32.1. The van der Waals surface area contributed by atoms with E-state index in [1.165, 1.54) is 23.5 Å². The van der Waals surface area contributed by atoms with Crippen LogP contribution in [0.5, 0.6) is 0 Å². The van der Waals surface area contributed by atoms with Gasteiger partial charge in [-0.2, -0.15) is 0 Å². The summed E-state index contributed by atoms with van der Waals surface area (Å²) in [5, 5.41) is 15.4. The fraction of sp³-hybridized carbons (Fsp3) is 0.0833. The standard InChI is InChI=1S/C12H10FNO2S/c13-8-4-1-2-5-9(8)14-11(12(15)16)10-6-3-7-17-10/h1-7,11,14H,(H,15,16)/p-1/t11-/m1/s1. The van der Waals surface area contributed by atoms with Crippen molar-refractivity contribution in [3.8, 4) is 0 Å². The van der Waals surface area contributed by atoms with Crippen LogP contribution >= 0.6 is 11.3 Å². The van der Waals surface area contributed by atoms with Crippen LogP contribution in [0.4, 0.5) is 10.1 Å². The van der Waals surface area contributed by atoms with Crippen LogP contribution in [0, 0.1) is 5.82 Å². The second-order valence-corrected chi connectivity index (χ2v) is 4.37. The number of hydrogen-bond acceptors (Lipinski definition) is 4. The molecule has 17 heavy (non-hydrogen) atoms. The van der Waals surface area contributed by atoms with E-state index in [-0.39, 0.29) is 5.69 Å². The Kier molecular flexibility index (Phi) is 3.39. The molecule has 0 bridgehead atoms. The van der Waals surface area contributed by atoms with Crippen molar-refractivity contribution in [3.05, 3.63) is 52.5 Å². The molecule has 1 N–H and O–H groups in total. The van der Waals surface area contributed by atoms with E-state index in [0.717, 1.165) is 0 Å². The lowest BCUT2D eigenvalue weighted by Crippen LogP contribution is -2.34. The van der Waals surface area contributed by atoms with Gasteiger partial charge < -0.3 is 15.2 Å². The number of benzene rings is 1. The average Bonchev–Trinajstić information content (AvgIpc) is 2.81. The molecule has 0 aliphatic heterocycles. The SMILES string of the molecule is O=C([O-])[C@H](Nc1ccccc1F)c1cccs1. The molecule has 0 aliphatic rings. The number of carboxylic acids is 1. The van der Waals surface area contributed by atoms with Gasteiger partial charge in [-0.15, -0.1) is 11.3 Å². The molecule has 2 rings (SSSR count). The molecule has 0 fully saturated rings. The molecule has 0 spiro atoms. The zero-order chi connectivity index (χ0) is 12.3. The summed E-state index contributed by atoms with van der Waals surface area (Å²) < 4.78 is 13.4. The number of hydrogen-bond donors (Lipinski definition) is 1.